The van der Waals surface area contributed by atoms with Crippen molar-refractivity contribution in [3.05, 3.63) is 51.6 Å². The lowest BCUT2D eigenvalue weighted by molar-refractivity contribution is 0.414. The Labute approximate surface area is 164 Å². The first-order valence-corrected chi connectivity index (χ1v) is 11.1. The number of hydrogen-bond acceptors (Lipinski definition) is 7. The standard InChI is InChI=1S/C18H16N4O4S2/c23-15-14(17-19-11-6-1-2-7-13(11)28(25,26)21-17)18(24)22(20-10-4-3-5-10)12-8-9-27-16(12)15/h1-2,6-10,20,23H,3-5H2,(H,19,21). The molecule has 8 nitrogen and oxygen atoms in total. The molecule has 1 saturated carbocycles. The van der Waals surface area contributed by atoms with Crippen molar-refractivity contribution >= 4 is 43.1 Å². The molecule has 28 heavy (non-hydrogen) atoms. The number of benzene rings is 1. The van der Waals surface area contributed by atoms with E-state index in [0.717, 1.165) is 19.3 Å². The number of amidine groups is 1. The number of pyridine rings is 1. The molecule has 1 aliphatic heterocycles. The van der Waals surface area contributed by atoms with Crippen LogP contribution in [0.4, 0.5) is 5.69 Å². The Morgan fingerprint density at radius 3 is 2.79 bits per heavy atom. The van der Waals surface area contributed by atoms with Crippen LogP contribution in [0.2, 0.25) is 0 Å². The maximum absolute atomic E-state index is 13.2. The van der Waals surface area contributed by atoms with Crippen molar-refractivity contribution < 1.29 is 13.5 Å². The summed E-state index contributed by atoms with van der Waals surface area (Å²) < 4.78 is 30.8. The van der Waals surface area contributed by atoms with E-state index in [-0.39, 0.29) is 28.1 Å². The van der Waals surface area contributed by atoms with E-state index in [9.17, 15) is 18.3 Å². The molecule has 0 radical (unpaired) electrons. The zero-order chi connectivity index (χ0) is 19.5. The van der Waals surface area contributed by atoms with Crippen molar-refractivity contribution in [2.75, 3.05) is 10.7 Å². The monoisotopic (exact) mass is 416 g/mol. The average molecular weight is 416 g/mol. The Hall–Kier alpha value is -2.85. The van der Waals surface area contributed by atoms with Gasteiger partial charge in [-0.15, -0.1) is 15.7 Å². The normalized spacial score (nSPS) is 18.1. The molecule has 2 aliphatic rings. The van der Waals surface area contributed by atoms with E-state index in [1.807, 2.05) is 0 Å². The molecule has 1 fully saturated rings. The molecule has 1 aromatic carbocycles. The van der Waals surface area contributed by atoms with Crippen molar-refractivity contribution in [3.63, 3.8) is 0 Å². The number of para-hydroxylation sites is 1. The lowest BCUT2D eigenvalue weighted by atomic mass is 9.94. The van der Waals surface area contributed by atoms with Gasteiger partial charge in [0.2, 0.25) is 0 Å². The molecular formula is C18H16N4O4S2. The van der Waals surface area contributed by atoms with E-state index in [2.05, 4.69) is 15.1 Å². The van der Waals surface area contributed by atoms with Crippen LogP contribution in [0.1, 0.15) is 24.8 Å². The Kier molecular flexibility index (Phi) is 3.75. The van der Waals surface area contributed by atoms with Gasteiger partial charge in [0.25, 0.3) is 15.6 Å². The predicted molar refractivity (Wildman–Crippen MR) is 109 cm³/mol. The fourth-order valence-electron chi connectivity index (χ4n) is 3.38. The molecule has 10 heteroatoms. The summed E-state index contributed by atoms with van der Waals surface area (Å²) in [7, 11) is -3.99. The highest BCUT2D eigenvalue weighted by Crippen LogP contribution is 2.34. The van der Waals surface area contributed by atoms with Crippen molar-refractivity contribution in [2.45, 2.75) is 30.2 Å². The number of rotatable bonds is 3. The van der Waals surface area contributed by atoms with Gasteiger partial charge in [-0.25, -0.2) is 4.68 Å². The van der Waals surface area contributed by atoms with Gasteiger partial charge in [-0.05, 0) is 42.8 Å². The second-order valence-electron chi connectivity index (χ2n) is 6.79. The van der Waals surface area contributed by atoms with E-state index in [1.54, 1.807) is 29.6 Å². The molecule has 3 N–H and O–H groups in total. The molecule has 0 spiro atoms. The Bertz CT molecular complexity index is 1300. The maximum atomic E-state index is 13.2. The van der Waals surface area contributed by atoms with Gasteiger partial charge in [0, 0.05) is 6.04 Å². The summed E-state index contributed by atoms with van der Waals surface area (Å²) in [5.74, 6) is -0.455. The molecule has 0 bridgehead atoms. The number of thiophene rings is 1. The first-order valence-electron chi connectivity index (χ1n) is 8.79. The SMILES string of the molecule is O=c1c(C2=NS(=O)(=O)c3ccccc3N2)c(O)c2sccc2n1NC1CCC1. The highest BCUT2D eigenvalue weighted by molar-refractivity contribution is 7.90. The van der Waals surface area contributed by atoms with Crippen LogP contribution in [0.15, 0.2) is 49.8 Å². The van der Waals surface area contributed by atoms with E-state index < -0.39 is 15.6 Å². The molecule has 2 aromatic heterocycles. The summed E-state index contributed by atoms with van der Waals surface area (Å²) in [4.78, 5) is 13.3. The van der Waals surface area contributed by atoms with Gasteiger partial charge < -0.3 is 15.8 Å². The van der Waals surface area contributed by atoms with Crippen molar-refractivity contribution in [1.82, 2.24) is 4.68 Å². The van der Waals surface area contributed by atoms with Gasteiger partial charge in [-0.2, -0.15) is 8.42 Å². The molecule has 144 valence electrons. The molecular weight excluding hydrogens is 400 g/mol. The second-order valence-corrected chi connectivity index (χ2v) is 9.28. The van der Waals surface area contributed by atoms with Crippen LogP contribution < -0.4 is 16.3 Å². The molecule has 0 saturated heterocycles. The Morgan fingerprint density at radius 1 is 1.25 bits per heavy atom. The lowest BCUT2D eigenvalue weighted by Crippen LogP contribution is -2.42. The predicted octanol–water partition coefficient (Wildman–Crippen LogP) is 2.43. The molecule has 1 aliphatic carbocycles. The minimum Gasteiger partial charge on any atom is -0.505 e. The zero-order valence-corrected chi connectivity index (χ0v) is 16.2. The number of aromatic hydroxyl groups is 1. The first kappa shape index (κ1) is 17.3. The summed E-state index contributed by atoms with van der Waals surface area (Å²) in [5.41, 5.74) is 3.35. The summed E-state index contributed by atoms with van der Waals surface area (Å²) in [6.07, 6.45) is 3.00. The summed E-state index contributed by atoms with van der Waals surface area (Å²) >= 11 is 1.27. The highest BCUT2D eigenvalue weighted by Gasteiger charge is 2.30. The van der Waals surface area contributed by atoms with Gasteiger partial charge in [0.05, 0.1) is 15.9 Å². The van der Waals surface area contributed by atoms with Gasteiger partial charge in [0.15, 0.2) is 11.6 Å². The van der Waals surface area contributed by atoms with E-state index in [0.29, 0.717) is 15.9 Å². The number of aromatic nitrogens is 1. The van der Waals surface area contributed by atoms with Gasteiger partial charge >= 0.3 is 0 Å². The molecule has 5 rings (SSSR count). The third kappa shape index (κ3) is 2.52. The van der Waals surface area contributed by atoms with Crippen LogP contribution >= 0.6 is 11.3 Å². The minimum atomic E-state index is -3.99. The van der Waals surface area contributed by atoms with Gasteiger partial charge in [-0.1, -0.05) is 12.1 Å². The van der Waals surface area contributed by atoms with Crippen LogP contribution in [-0.4, -0.2) is 30.1 Å². The van der Waals surface area contributed by atoms with Crippen molar-refractivity contribution in [2.24, 2.45) is 4.40 Å². The smallest absolute Gasteiger partial charge is 0.286 e. The topological polar surface area (TPSA) is 113 Å². The van der Waals surface area contributed by atoms with Gasteiger partial charge in [-0.3, -0.25) is 4.79 Å². The Balaban J connectivity index is 1.74. The second kappa shape index (κ2) is 6.08. The van der Waals surface area contributed by atoms with Gasteiger partial charge in [0.1, 0.15) is 10.5 Å². The fraction of sp³-hybridized carbons (Fsp3) is 0.222. The quantitative estimate of drug-likeness (QED) is 0.604. The third-order valence-corrected chi connectivity index (χ3v) is 7.28. The number of hydrogen-bond donors (Lipinski definition) is 3. The number of fused-ring (bicyclic) bond motifs is 2. The highest BCUT2D eigenvalue weighted by atomic mass is 32.2. The lowest BCUT2D eigenvalue weighted by Gasteiger charge is -2.29. The number of anilines is 1. The van der Waals surface area contributed by atoms with Crippen molar-refractivity contribution in [1.29, 1.82) is 0 Å². The minimum absolute atomic E-state index is 0.0309. The van der Waals surface area contributed by atoms with E-state index in [4.69, 9.17) is 0 Å². The number of nitrogens with one attached hydrogen (secondary N) is 2. The van der Waals surface area contributed by atoms with Crippen LogP contribution in [0.3, 0.4) is 0 Å². The molecule has 0 atom stereocenters. The summed E-state index contributed by atoms with van der Waals surface area (Å²) in [5, 5.41) is 15.4. The van der Waals surface area contributed by atoms with Crippen LogP contribution in [0.25, 0.3) is 10.2 Å². The zero-order valence-electron chi connectivity index (χ0n) is 14.5. The maximum Gasteiger partial charge on any atom is 0.286 e. The fourth-order valence-corrected chi connectivity index (χ4v) is 5.33. The molecule has 3 heterocycles. The first-order chi connectivity index (χ1) is 13.5. The summed E-state index contributed by atoms with van der Waals surface area (Å²) in [6.45, 7) is 0. The number of sulfonamides is 1. The molecule has 3 aromatic rings. The largest absolute Gasteiger partial charge is 0.505 e. The van der Waals surface area contributed by atoms with Crippen LogP contribution in [0.5, 0.6) is 5.75 Å². The Morgan fingerprint density at radius 2 is 2.04 bits per heavy atom. The number of nitrogens with zero attached hydrogens (tertiary/aromatic N) is 2. The third-order valence-electron chi connectivity index (χ3n) is 5.04. The van der Waals surface area contributed by atoms with Crippen molar-refractivity contribution in [3.8, 4) is 5.75 Å². The van der Waals surface area contributed by atoms with E-state index >= 15 is 0 Å². The van der Waals surface area contributed by atoms with E-state index in [1.165, 1.54) is 22.1 Å². The van der Waals surface area contributed by atoms with Crippen LogP contribution in [0, 0.1) is 0 Å². The average Bonchev–Trinajstić information content (AvgIpc) is 3.10. The summed E-state index contributed by atoms with van der Waals surface area (Å²) in [6, 6.07) is 8.23. The molecule has 0 unspecified atom stereocenters. The molecule has 0 amide bonds. The van der Waals surface area contributed by atoms with Crippen LogP contribution in [-0.2, 0) is 10.0 Å².